The summed E-state index contributed by atoms with van der Waals surface area (Å²) in [7, 11) is 1.38. The molecule has 186 valence electrons. The first kappa shape index (κ1) is 25.7. The number of benzene rings is 1. The molecule has 0 unspecified atom stereocenters. The van der Waals surface area contributed by atoms with Gasteiger partial charge in [-0.25, -0.2) is 4.98 Å². The van der Waals surface area contributed by atoms with Crippen LogP contribution in [0.5, 0.6) is 5.75 Å². The summed E-state index contributed by atoms with van der Waals surface area (Å²) in [6, 6.07) is 5.93. The number of anilines is 2. The summed E-state index contributed by atoms with van der Waals surface area (Å²) >= 11 is 19.6. The molecule has 1 aliphatic rings. The van der Waals surface area contributed by atoms with Gasteiger partial charge in [-0.15, -0.1) is 11.3 Å². The van der Waals surface area contributed by atoms with Crippen molar-refractivity contribution in [3.8, 4) is 5.75 Å². The maximum absolute atomic E-state index is 13.2. The summed E-state index contributed by atoms with van der Waals surface area (Å²) in [5, 5.41) is 18.0. The van der Waals surface area contributed by atoms with Gasteiger partial charge in [0.05, 0.1) is 28.4 Å². The fraction of sp³-hybridized carbons (Fsp3) is 0.136. The van der Waals surface area contributed by atoms with Crippen molar-refractivity contribution in [1.29, 1.82) is 5.41 Å². The molecule has 0 radical (unpaired) electrons. The molecule has 3 aromatic rings. The number of pyridine rings is 1. The molecule has 0 spiro atoms. The van der Waals surface area contributed by atoms with Gasteiger partial charge in [-0.3, -0.25) is 25.1 Å². The predicted molar refractivity (Wildman–Crippen MR) is 139 cm³/mol. The van der Waals surface area contributed by atoms with Crippen molar-refractivity contribution in [2.75, 3.05) is 24.3 Å². The second kappa shape index (κ2) is 10.7. The number of methoxy groups -OCH3 is 1. The number of hydrogen-bond acceptors (Lipinski definition) is 7. The molecule has 36 heavy (non-hydrogen) atoms. The van der Waals surface area contributed by atoms with Gasteiger partial charge >= 0.3 is 0 Å². The van der Waals surface area contributed by atoms with Crippen LogP contribution in [0.3, 0.4) is 0 Å². The number of halogens is 3. The van der Waals surface area contributed by atoms with Crippen LogP contribution in [0.15, 0.2) is 35.8 Å². The van der Waals surface area contributed by atoms with Crippen LogP contribution in [-0.2, 0) is 11.3 Å². The van der Waals surface area contributed by atoms with E-state index < -0.39 is 11.8 Å². The minimum atomic E-state index is -0.594. The maximum Gasteiger partial charge on any atom is 0.267 e. The van der Waals surface area contributed by atoms with E-state index in [4.69, 9.17) is 44.9 Å². The number of ether oxygens (including phenoxy) is 1. The number of nitrogens with one attached hydrogen (secondary N) is 4. The third kappa shape index (κ3) is 5.54. The number of hydrogen-bond donors (Lipinski definition) is 4. The second-order valence-corrected chi connectivity index (χ2v) is 9.59. The topological polar surface area (TPSA) is 137 Å². The number of nitrogens with zero attached hydrogens (tertiary/aromatic N) is 2. The average Bonchev–Trinajstić information content (AvgIpc) is 3.36. The van der Waals surface area contributed by atoms with Crippen molar-refractivity contribution in [3.63, 3.8) is 0 Å². The Morgan fingerprint density at radius 1 is 1.19 bits per heavy atom. The lowest BCUT2D eigenvalue weighted by Gasteiger charge is -2.16. The average molecular weight is 568 g/mol. The lowest BCUT2D eigenvalue weighted by atomic mass is 10.1. The van der Waals surface area contributed by atoms with Gasteiger partial charge in [-0.2, -0.15) is 0 Å². The Labute approximate surface area is 224 Å². The van der Waals surface area contributed by atoms with E-state index in [1.54, 1.807) is 11.4 Å². The standard InChI is InChI=1S/C22H17Cl3N6O4S/c1-35-14-5-12(24)4-13(20(33)28-15-3-2-11(23)6-27-15)18(14)30-21(34)19-17(25)10(9-36-19)7-31-8-16(32)29-22(31)26/h2-6,9H,7-8H2,1H3,(H,30,34)(H2,26,29,32)(H,27,28,33). The highest BCUT2D eigenvalue weighted by atomic mass is 35.5. The summed E-state index contributed by atoms with van der Waals surface area (Å²) < 4.78 is 5.35. The Kier molecular flexibility index (Phi) is 7.65. The zero-order valence-electron chi connectivity index (χ0n) is 18.4. The Morgan fingerprint density at radius 3 is 2.61 bits per heavy atom. The van der Waals surface area contributed by atoms with E-state index in [1.165, 1.54) is 36.4 Å². The Morgan fingerprint density at radius 2 is 1.97 bits per heavy atom. The molecular weight excluding hydrogens is 551 g/mol. The molecule has 3 heterocycles. The van der Waals surface area contributed by atoms with E-state index in [2.05, 4.69) is 20.9 Å². The lowest BCUT2D eigenvalue weighted by Crippen LogP contribution is -2.28. The molecule has 0 atom stereocenters. The molecular formula is C22H17Cl3N6O4S. The molecule has 4 rings (SSSR count). The number of thiophene rings is 1. The van der Waals surface area contributed by atoms with Crippen molar-refractivity contribution < 1.29 is 19.1 Å². The fourth-order valence-corrected chi connectivity index (χ4v) is 4.90. The summed E-state index contributed by atoms with van der Waals surface area (Å²) in [6.07, 6.45) is 1.38. The van der Waals surface area contributed by atoms with E-state index in [-0.39, 0.29) is 62.7 Å². The van der Waals surface area contributed by atoms with Crippen molar-refractivity contribution >= 4 is 81.3 Å². The highest BCUT2D eigenvalue weighted by Gasteiger charge is 2.27. The van der Waals surface area contributed by atoms with Crippen LogP contribution < -0.4 is 20.7 Å². The molecule has 1 aliphatic heterocycles. The number of carbonyl (C=O) groups excluding carboxylic acids is 3. The third-order valence-corrected chi connectivity index (χ3v) is 7.03. The van der Waals surface area contributed by atoms with Gasteiger partial charge in [0.1, 0.15) is 23.0 Å². The molecule has 0 bridgehead atoms. The first-order chi connectivity index (χ1) is 17.2. The Hall–Kier alpha value is -3.38. The van der Waals surface area contributed by atoms with Gasteiger partial charge in [0.2, 0.25) is 5.91 Å². The van der Waals surface area contributed by atoms with Gasteiger partial charge in [0.25, 0.3) is 11.8 Å². The van der Waals surface area contributed by atoms with E-state index >= 15 is 0 Å². The SMILES string of the molecule is COc1cc(Cl)cc(C(=O)Nc2ccc(Cl)cn2)c1NC(=O)c1scc(CN2CC(=O)NC2=N)c1Cl. The summed E-state index contributed by atoms with van der Waals surface area (Å²) in [6.45, 7) is 0.196. The number of rotatable bonds is 7. The van der Waals surface area contributed by atoms with Gasteiger partial charge in [-0.1, -0.05) is 34.8 Å². The van der Waals surface area contributed by atoms with Crippen molar-refractivity contribution in [1.82, 2.24) is 15.2 Å². The fourth-order valence-electron chi connectivity index (χ4n) is 3.34. The minimum absolute atomic E-state index is 0.0233. The summed E-state index contributed by atoms with van der Waals surface area (Å²) in [5.41, 5.74) is 0.691. The van der Waals surface area contributed by atoms with E-state index in [0.29, 0.717) is 10.6 Å². The summed E-state index contributed by atoms with van der Waals surface area (Å²) in [4.78, 5) is 43.4. The second-order valence-electron chi connectivity index (χ2n) is 7.46. The monoisotopic (exact) mass is 566 g/mol. The van der Waals surface area contributed by atoms with Gasteiger partial charge in [-0.05, 0) is 23.6 Å². The minimum Gasteiger partial charge on any atom is -0.494 e. The zero-order valence-corrected chi connectivity index (χ0v) is 21.5. The van der Waals surface area contributed by atoms with Gasteiger partial charge in [0, 0.05) is 29.4 Å². The molecule has 3 amide bonds. The molecule has 0 aliphatic carbocycles. The van der Waals surface area contributed by atoms with Crippen molar-refractivity contribution in [2.24, 2.45) is 0 Å². The highest BCUT2D eigenvalue weighted by Crippen LogP contribution is 2.35. The molecule has 1 aromatic carbocycles. The molecule has 4 N–H and O–H groups in total. The van der Waals surface area contributed by atoms with Crippen molar-refractivity contribution in [2.45, 2.75) is 6.54 Å². The first-order valence-corrected chi connectivity index (χ1v) is 12.2. The number of carbonyl (C=O) groups is 3. The normalized spacial score (nSPS) is 12.9. The van der Waals surface area contributed by atoms with Crippen LogP contribution in [0.1, 0.15) is 25.6 Å². The highest BCUT2D eigenvalue weighted by molar-refractivity contribution is 7.13. The molecule has 1 saturated heterocycles. The van der Waals surface area contributed by atoms with Crippen LogP contribution in [0, 0.1) is 5.41 Å². The Balaban J connectivity index is 1.59. The quantitative estimate of drug-likeness (QED) is 0.332. The molecule has 10 nitrogen and oxygen atoms in total. The summed E-state index contributed by atoms with van der Waals surface area (Å²) in [5.74, 6) is -1.10. The molecule has 14 heteroatoms. The van der Waals surface area contributed by atoms with Gasteiger partial charge < -0.3 is 20.3 Å². The molecule has 0 saturated carbocycles. The number of aromatic nitrogens is 1. The lowest BCUT2D eigenvalue weighted by molar-refractivity contribution is -0.118. The van der Waals surface area contributed by atoms with Crippen LogP contribution >= 0.6 is 46.1 Å². The van der Waals surface area contributed by atoms with Crippen LogP contribution in [0.2, 0.25) is 15.1 Å². The zero-order chi connectivity index (χ0) is 26.0. The largest absolute Gasteiger partial charge is 0.494 e. The maximum atomic E-state index is 13.2. The number of guanidine groups is 1. The first-order valence-electron chi connectivity index (χ1n) is 10.2. The predicted octanol–water partition coefficient (Wildman–Crippen LogP) is 4.48. The smallest absolute Gasteiger partial charge is 0.267 e. The van der Waals surface area contributed by atoms with E-state index in [1.807, 2.05) is 0 Å². The Bertz CT molecular complexity index is 1380. The molecule has 1 fully saturated rings. The van der Waals surface area contributed by atoms with Gasteiger partial charge in [0.15, 0.2) is 5.96 Å². The van der Waals surface area contributed by atoms with Crippen molar-refractivity contribution in [3.05, 3.63) is 66.9 Å². The van der Waals surface area contributed by atoms with E-state index in [9.17, 15) is 14.4 Å². The number of amides is 3. The third-order valence-electron chi connectivity index (χ3n) is 5.02. The van der Waals surface area contributed by atoms with Crippen LogP contribution in [-0.4, -0.2) is 47.2 Å². The van der Waals surface area contributed by atoms with Crippen LogP contribution in [0.25, 0.3) is 0 Å². The van der Waals surface area contributed by atoms with Crippen LogP contribution in [0.4, 0.5) is 11.5 Å². The van der Waals surface area contributed by atoms with E-state index in [0.717, 1.165) is 11.3 Å². The molecule has 2 aromatic heterocycles.